The highest BCUT2D eigenvalue weighted by Crippen LogP contribution is 2.30. The molecule has 1 aromatic carbocycles. The molecule has 4 rings (SSSR count). The molecule has 0 N–H and O–H groups in total. The molecule has 0 unspecified atom stereocenters. The summed E-state index contributed by atoms with van der Waals surface area (Å²) in [6, 6.07) is 5.54. The van der Waals surface area contributed by atoms with Gasteiger partial charge < -0.3 is 14.4 Å². The Morgan fingerprint density at radius 3 is 2.53 bits per heavy atom. The van der Waals surface area contributed by atoms with Crippen molar-refractivity contribution in [2.24, 2.45) is 7.05 Å². The van der Waals surface area contributed by atoms with Gasteiger partial charge in [0.25, 0.3) is 5.91 Å². The number of rotatable bonds is 6. The third-order valence-corrected chi connectivity index (χ3v) is 6.37. The zero-order chi connectivity index (χ0) is 21.1. The molecule has 0 radical (unpaired) electrons. The lowest BCUT2D eigenvalue weighted by atomic mass is 10.1. The summed E-state index contributed by atoms with van der Waals surface area (Å²) in [5.41, 5.74) is 3.14. The number of aromatic nitrogens is 2. The van der Waals surface area contributed by atoms with E-state index in [1.807, 2.05) is 41.0 Å². The summed E-state index contributed by atoms with van der Waals surface area (Å²) >= 11 is 0. The Balaban J connectivity index is 1.40. The number of aryl methyl sites for hydroxylation is 1. The van der Waals surface area contributed by atoms with E-state index in [-0.39, 0.29) is 12.0 Å². The molecular formula is C23H32N4O3. The normalized spacial score (nSPS) is 18.0. The largest absolute Gasteiger partial charge is 0.497 e. The van der Waals surface area contributed by atoms with Gasteiger partial charge in [-0.3, -0.25) is 14.4 Å². The Morgan fingerprint density at radius 2 is 1.90 bits per heavy atom. The lowest BCUT2D eigenvalue weighted by Crippen LogP contribution is -2.38. The fraction of sp³-hybridized carbons (Fsp3) is 0.565. The zero-order valence-corrected chi connectivity index (χ0v) is 18.3. The molecule has 1 amide bonds. The van der Waals surface area contributed by atoms with E-state index in [0.29, 0.717) is 17.1 Å². The van der Waals surface area contributed by atoms with Crippen molar-refractivity contribution in [2.45, 2.75) is 45.3 Å². The second kappa shape index (κ2) is 9.08. The van der Waals surface area contributed by atoms with Gasteiger partial charge >= 0.3 is 0 Å². The van der Waals surface area contributed by atoms with E-state index in [0.717, 1.165) is 58.4 Å². The predicted octanol–water partition coefficient (Wildman–Crippen LogP) is 3.02. The van der Waals surface area contributed by atoms with Gasteiger partial charge in [-0.25, -0.2) is 0 Å². The van der Waals surface area contributed by atoms with Crippen molar-refractivity contribution in [3.05, 3.63) is 41.2 Å². The number of hydrogen-bond acceptors (Lipinski definition) is 5. The van der Waals surface area contributed by atoms with Crippen LogP contribution in [0.15, 0.2) is 24.4 Å². The number of carbonyl (C=O) groups is 1. The monoisotopic (exact) mass is 412 g/mol. The quantitative estimate of drug-likeness (QED) is 0.730. The molecule has 2 fully saturated rings. The first-order valence-corrected chi connectivity index (χ1v) is 10.9. The molecule has 2 aromatic rings. The van der Waals surface area contributed by atoms with Crippen molar-refractivity contribution < 1.29 is 14.3 Å². The van der Waals surface area contributed by atoms with Crippen LogP contribution in [-0.2, 0) is 13.6 Å². The number of methoxy groups -OCH3 is 1. The summed E-state index contributed by atoms with van der Waals surface area (Å²) in [7, 11) is 3.62. The SMILES string of the molecule is COc1ccc(C(=O)N2CCCC2)c(OC2CCN(Cc3cnn(C)c3C)CC2)c1. The minimum Gasteiger partial charge on any atom is -0.497 e. The van der Waals surface area contributed by atoms with E-state index in [4.69, 9.17) is 9.47 Å². The Labute approximate surface area is 178 Å². The van der Waals surface area contributed by atoms with Crippen molar-refractivity contribution in [1.82, 2.24) is 19.6 Å². The number of likely N-dealkylation sites (tertiary alicyclic amines) is 2. The van der Waals surface area contributed by atoms with E-state index in [1.54, 1.807) is 7.11 Å². The van der Waals surface area contributed by atoms with Crippen LogP contribution >= 0.6 is 0 Å². The summed E-state index contributed by atoms with van der Waals surface area (Å²) in [4.78, 5) is 17.4. The Kier molecular flexibility index (Phi) is 6.27. The van der Waals surface area contributed by atoms with Crippen LogP contribution in [0.3, 0.4) is 0 Å². The van der Waals surface area contributed by atoms with Crippen LogP contribution in [0.4, 0.5) is 0 Å². The first kappa shape index (κ1) is 20.7. The molecule has 2 aliphatic heterocycles. The first-order chi connectivity index (χ1) is 14.5. The summed E-state index contributed by atoms with van der Waals surface area (Å²) in [6.45, 7) is 6.63. The van der Waals surface area contributed by atoms with Gasteiger partial charge in [0, 0.05) is 57.1 Å². The molecule has 0 bridgehead atoms. The minimum absolute atomic E-state index is 0.0645. The van der Waals surface area contributed by atoms with Crippen LogP contribution in [0, 0.1) is 6.92 Å². The van der Waals surface area contributed by atoms with Gasteiger partial charge in [0.15, 0.2) is 0 Å². The highest BCUT2D eigenvalue weighted by molar-refractivity contribution is 5.97. The maximum Gasteiger partial charge on any atom is 0.257 e. The van der Waals surface area contributed by atoms with Crippen molar-refractivity contribution in [3.8, 4) is 11.5 Å². The summed E-state index contributed by atoms with van der Waals surface area (Å²) in [5, 5.41) is 4.35. The fourth-order valence-electron chi connectivity index (χ4n) is 4.30. The van der Waals surface area contributed by atoms with Gasteiger partial charge in [0.05, 0.1) is 18.9 Å². The second-order valence-electron chi connectivity index (χ2n) is 8.33. The fourth-order valence-corrected chi connectivity index (χ4v) is 4.30. The number of ether oxygens (including phenoxy) is 2. The third kappa shape index (κ3) is 4.46. The van der Waals surface area contributed by atoms with Crippen LogP contribution in [0.2, 0.25) is 0 Å². The smallest absolute Gasteiger partial charge is 0.257 e. The van der Waals surface area contributed by atoms with Crippen LogP contribution in [0.25, 0.3) is 0 Å². The summed E-state index contributed by atoms with van der Waals surface area (Å²) in [5.74, 6) is 1.43. The molecule has 2 aliphatic rings. The van der Waals surface area contributed by atoms with Crippen molar-refractivity contribution in [3.63, 3.8) is 0 Å². The molecule has 7 heteroatoms. The van der Waals surface area contributed by atoms with E-state index < -0.39 is 0 Å². The number of benzene rings is 1. The molecule has 3 heterocycles. The van der Waals surface area contributed by atoms with Crippen LogP contribution in [0.1, 0.15) is 47.3 Å². The van der Waals surface area contributed by atoms with Gasteiger partial charge in [-0.1, -0.05) is 0 Å². The number of carbonyl (C=O) groups excluding carboxylic acids is 1. The third-order valence-electron chi connectivity index (χ3n) is 6.37. The summed E-state index contributed by atoms with van der Waals surface area (Å²) < 4.78 is 13.7. The van der Waals surface area contributed by atoms with E-state index in [2.05, 4.69) is 16.9 Å². The van der Waals surface area contributed by atoms with Crippen molar-refractivity contribution in [2.75, 3.05) is 33.3 Å². The molecule has 0 saturated carbocycles. The Morgan fingerprint density at radius 1 is 1.17 bits per heavy atom. The minimum atomic E-state index is 0.0645. The van der Waals surface area contributed by atoms with Gasteiger partial charge in [-0.15, -0.1) is 0 Å². The van der Waals surface area contributed by atoms with E-state index in [9.17, 15) is 4.79 Å². The first-order valence-electron chi connectivity index (χ1n) is 10.9. The zero-order valence-electron chi connectivity index (χ0n) is 18.3. The second-order valence-corrected chi connectivity index (χ2v) is 8.33. The van der Waals surface area contributed by atoms with Gasteiger partial charge in [-0.2, -0.15) is 5.10 Å². The number of amides is 1. The molecular weight excluding hydrogens is 380 g/mol. The topological polar surface area (TPSA) is 59.8 Å². The highest BCUT2D eigenvalue weighted by atomic mass is 16.5. The molecule has 0 aliphatic carbocycles. The van der Waals surface area contributed by atoms with Gasteiger partial charge in [-0.05, 0) is 44.7 Å². The van der Waals surface area contributed by atoms with Crippen LogP contribution in [-0.4, -0.2) is 64.9 Å². The molecule has 0 atom stereocenters. The molecule has 1 aromatic heterocycles. The van der Waals surface area contributed by atoms with Crippen molar-refractivity contribution >= 4 is 5.91 Å². The Hall–Kier alpha value is -2.54. The van der Waals surface area contributed by atoms with E-state index >= 15 is 0 Å². The Bertz CT molecular complexity index is 881. The molecule has 30 heavy (non-hydrogen) atoms. The average molecular weight is 413 g/mol. The molecule has 0 spiro atoms. The van der Waals surface area contributed by atoms with Gasteiger partial charge in [0.1, 0.15) is 17.6 Å². The molecule has 2 saturated heterocycles. The van der Waals surface area contributed by atoms with Crippen molar-refractivity contribution in [1.29, 1.82) is 0 Å². The lowest BCUT2D eigenvalue weighted by Gasteiger charge is -2.32. The lowest BCUT2D eigenvalue weighted by molar-refractivity contribution is 0.0764. The van der Waals surface area contributed by atoms with E-state index in [1.165, 1.54) is 11.3 Å². The standard InChI is InChI=1S/C23H32N4O3/c1-17-18(15-24-25(17)2)16-26-12-8-19(9-13-26)30-22-14-20(29-3)6-7-21(22)23(28)27-10-4-5-11-27/h6-7,14-15,19H,4-5,8-13,16H2,1-3H3. The maximum absolute atomic E-state index is 13.0. The number of piperidine rings is 1. The number of hydrogen-bond donors (Lipinski definition) is 0. The summed E-state index contributed by atoms with van der Waals surface area (Å²) in [6.07, 6.45) is 6.10. The predicted molar refractivity (Wildman–Crippen MR) is 115 cm³/mol. The molecule has 7 nitrogen and oxygen atoms in total. The van der Waals surface area contributed by atoms with Crippen LogP contribution < -0.4 is 9.47 Å². The van der Waals surface area contributed by atoms with Crippen LogP contribution in [0.5, 0.6) is 11.5 Å². The molecule has 162 valence electrons. The van der Waals surface area contributed by atoms with Gasteiger partial charge in [0.2, 0.25) is 0 Å². The average Bonchev–Trinajstić information content (AvgIpc) is 3.41. The highest BCUT2D eigenvalue weighted by Gasteiger charge is 2.26. The maximum atomic E-state index is 13.0. The number of nitrogens with zero attached hydrogens (tertiary/aromatic N) is 4.